The number of hydrogen-bond donors (Lipinski definition) is 0. The van der Waals surface area contributed by atoms with E-state index in [2.05, 4.69) is 11.5 Å². The van der Waals surface area contributed by atoms with Crippen LogP contribution in [0.3, 0.4) is 0 Å². The molecular formula is C15H28ClNO. The van der Waals surface area contributed by atoms with Crippen molar-refractivity contribution in [1.82, 2.24) is 0 Å². The lowest BCUT2D eigenvalue weighted by molar-refractivity contribution is -0.700. The summed E-state index contributed by atoms with van der Waals surface area (Å²) in [5.41, 5.74) is 0. The number of unbranched alkanes of at least 4 members (excludes halogenated alkanes) is 9. The molecule has 0 spiro atoms. The van der Waals surface area contributed by atoms with Gasteiger partial charge in [0.25, 0.3) is 0 Å². The SMILES string of the molecule is CCCCCCCCCCCC[n+]1ccoc1.[Cl-]. The minimum absolute atomic E-state index is 0. The van der Waals surface area contributed by atoms with Gasteiger partial charge in [-0.15, -0.1) is 0 Å². The first-order valence-electron chi connectivity index (χ1n) is 7.34. The first-order valence-corrected chi connectivity index (χ1v) is 7.34. The van der Waals surface area contributed by atoms with Gasteiger partial charge in [0.2, 0.25) is 6.20 Å². The molecule has 0 amide bonds. The smallest absolute Gasteiger partial charge is 0.334 e. The van der Waals surface area contributed by atoms with Crippen LogP contribution in [0.4, 0.5) is 0 Å². The summed E-state index contributed by atoms with van der Waals surface area (Å²) in [5.74, 6) is 0. The second-order valence-electron chi connectivity index (χ2n) is 4.95. The van der Waals surface area contributed by atoms with Crippen LogP contribution in [-0.2, 0) is 6.54 Å². The van der Waals surface area contributed by atoms with E-state index >= 15 is 0 Å². The van der Waals surface area contributed by atoms with Gasteiger partial charge in [-0.3, -0.25) is 0 Å². The van der Waals surface area contributed by atoms with Crippen molar-refractivity contribution in [2.75, 3.05) is 0 Å². The van der Waals surface area contributed by atoms with Crippen LogP contribution >= 0.6 is 0 Å². The summed E-state index contributed by atoms with van der Waals surface area (Å²) < 4.78 is 7.14. The molecule has 0 unspecified atom stereocenters. The van der Waals surface area contributed by atoms with Gasteiger partial charge in [-0.2, -0.15) is 4.57 Å². The maximum absolute atomic E-state index is 5.02. The highest BCUT2D eigenvalue weighted by Crippen LogP contribution is 2.10. The number of halogens is 1. The molecule has 0 bridgehead atoms. The summed E-state index contributed by atoms with van der Waals surface area (Å²) in [6.07, 6.45) is 19.5. The molecule has 0 N–H and O–H groups in total. The molecule has 0 aromatic carbocycles. The fourth-order valence-corrected chi connectivity index (χ4v) is 2.17. The van der Waals surface area contributed by atoms with Gasteiger partial charge in [0.1, 0.15) is 0 Å². The van der Waals surface area contributed by atoms with Crippen molar-refractivity contribution in [3.8, 4) is 0 Å². The lowest BCUT2D eigenvalue weighted by atomic mass is 10.1. The molecule has 1 aromatic rings. The topological polar surface area (TPSA) is 17.0 Å². The Balaban J connectivity index is 0.00000289. The molecule has 106 valence electrons. The summed E-state index contributed by atoms with van der Waals surface area (Å²) in [4.78, 5) is 0. The van der Waals surface area contributed by atoms with Gasteiger partial charge in [0.05, 0.1) is 0 Å². The molecule has 2 nitrogen and oxygen atoms in total. The molecule has 18 heavy (non-hydrogen) atoms. The number of aryl methyl sites for hydroxylation is 1. The van der Waals surface area contributed by atoms with Gasteiger partial charge < -0.3 is 16.8 Å². The third-order valence-corrected chi connectivity index (χ3v) is 3.30. The Bertz CT molecular complexity index is 249. The van der Waals surface area contributed by atoms with Crippen LogP contribution < -0.4 is 17.0 Å². The lowest BCUT2D eigenvalue weighted by Crippen LogP contribution is -3.00. The predicted octanol–water partition coefficient (Wildman–Crippen LogP) is 1.49. The van der Waals surface area contributed by atoms with Gasteiger partial charge in [-0.1, -0.05) is 58.3 Å². The van der Waals surface area contributed by atoms with E-state index in [1.807, 2.05) is 6.20 Å². The van der Waals surface area contributed by atoms with Crippen LogP contribution in [0.1, 0.15) is 71.1 Å². The summed E-state index contributed by atoms with van der Waals surface area (Å²) in [6.45, 7) is 3.38. The van der Waals surface area contributed by atoms with Gasteiger partial charge in [-0.25, -0.2) is 0 Å². The van der Waals surface area contributed by atoms with Crippen LogP contribution in [0.2, 0.25) is 0 Å². The van der Waals surface area contributed by atoms with Crippen molar-refractivity contribution in [1.29, 1.82) is 0 Å². The zero-order valence-corrected chi connectivity index (χ0v) is 12.5. The van der Waals surface area contributed by atoms with Gasteiger partial charge in [0.15, 0.2) is 12.8 Å². The zero-order chi connectivity index (χ0) is 12.2. The van der Waals surface area contributed by atoms with Crippen LogP contribution in [-0.4, -0.2) is 0 Å². The Morgan fingerprint density at radius 3 is 1.89 bits per heavy atom. The molecule has 1 aromatic heterocycles. The zero-order valence-electron chi connectivity index (χ0n) is 11.7. The molecule has 0 atom stereocenters. The fourth-order valence-electron chi connectivity index (χ4n) is 2.17. The van der Waals surface area contributed by atoms with E-state index < -0.39 is 0 Å². The van der Waals surface area contributed by atoms with Crippen LogP contribution in [0.15, 0.2) is 23.3 Å². The van der Waals surface area contributed by atoms with E-state index in [-0.39, 0.29) is 12.4 Å². The van der Waals surface area contributed by atoms with E-state index in [9.17, 15) is 0 Å². The van der Waals surface area contributed by atoms with Crippen LogP contribution in [0, 0.1) is 0 Å². The fraction of sp³-hybridized carbons (Fsp3) is 0.800. The van der Waals surface area contributed by atoms with Crippen molar-refractivity contribution >= 4 is 0 Å². The molecule has 0 aliphatic carbocycles. The first kappa shape index (κ1) is 17.5. The number of rotatable bonds is 11. The highest BCUT2D eigenvalue weighted by Gasteiger charge is 1.99. The number of hydrogen-bond acceptors (Lipinski definition) is 1. The van der Waals surface area contributed by atoms with E-state index in [0.29, 0.717) is 0 Å². The molecule has 1 rings (SSSR count). The Kier molecular flexibility index (Phi) is 12.6. The predicted molar refractivity (Wildman–Crippen MR) is 70.7 cm³/mol. The van der Waals surface area contributed by atoms with Crippen LogP contribution in [0.5, 0.6) is 0 Å². The van der Waals surface area contributed by atoms with Crippen LogP contribution in [0.25, 0.3) is 0 Å². The molecular weight excluding hydrogens is 246 g/mol. The summed E-state index contributed by atoms with van der Waals surface area (Å²) >= 11 is 0. The average Bonchev–Trinajstić information content (AvgIpc) is 2.85. The molecule has 3 heteroatoms. The van der Waals surface area contributed by atoms with Gasteiger partial charge in [-0.05, 0) is 6.42 Å². The molecule has 0 aliphatic heterocycles. The number of oxazole rings is 1. The van der Waals surface area contributed by atoms with E-state index in [4.69, 9.17) is 4.42 Å². The summed E-state index contributed by atoms with van der Waals surface area (Å²) in [6, 6.07) is 0. The normalized spacial score (nSPS) is 10.3. The molecule has 0 saturated carbocycles. The lowest BCUT2D eigenvalue weighted by Gasteiger charge is -2.00. The Hall–Kier alpha value is -0.500. The van der Waals surface area contributed by atoms with E-state index in [0.717, 1.165) is 6.54 Å². The highest BCUT2D eigenvalue weighted by molar-refractivity contribution is 4.48. The Morgan fingerprint density at radius 1 is 0.833 bits per heavy atom. The van der Waals surface area contributed by atoms with E-state index in [1.54, 1.807) is 12.7 Å². The van der Waals surface area contributed by atoms with Crippen molar-refractivity contribution in [2.24, 2.45) is 0 Å². The minimum atomic E-state index is 0. The first-order chi connectivity index (χ1) is 8.43. The Morgan fingerprint density at radius 2 is 1.39 bits per heavy atom. The highest BCUT2D eigenvalue weighted by atomic mass is 35.5. The number of aromatic nitrogens is 1. The molecule has 0 radical (unpaired) electrons. The van der Waals surface area contributed by atoms with Crippen molar-refractivity contribution in [3.63, 3.8) is 0 Å². The van der Waals surface area contributed by atoms with E-state index in [1.165, 1.54) is 64.2 Å². The monoisotopic (exact) mass is 273 g/mol. The molecule has 0 saturated heterocycles. The molecule has 0 aliphatic rings. The van der Waals surface area contributed by atoms with Crippen molar-refractivity contribution < 1.29 is 21.4 Å². The Labute approximate surface area is 118 Å². The maximum Gasteiger partial charge on any atom is 0.334 e. The van der Waals surface area contributed by atoms with Crippen molar-refractivity contribution in [3.05, 3.63) is 18.9 Å². The summed E-state index contributed by atoms with van der Waals surface area (Å²) in [5, 5.41) is 0. The standard InChI is InChI=1S/C15H28NO.ClH/c1-2-3-4-5-6-7-8-9-10-11-12-16-13-14-17-15-16;/h13-15H,2-12H2,1H3;1H/q+1;/p-1. The average molecular weight is 274 g/mol. The van der Waals surface area contributed by atoms with Crippen molar-refractivity contribution in [2.45, 2.75) is 77.7 Å². The minimum Gasteiger partial charge on any atom is -1.00 e. The second kappa shape index (κ2) is 12.9. The van der Waals surface area contributed by atoms with Gasteiger partial charge >= 0.3 is 6.39 Å². The number of nitrogens with zero attached hydrogens (tertiary/aromatic N) is 1. The third-order valence-electron chi connectivity index (χ3n) is 3.30. The second-order valence-corrected chi connectivity index (χ2v) is 4.95. The molecule has 1 heterocycles. The summed E-state index contributed by atoms with van der Waals surface area (Å²) in [7, 11) is 0. The quantitative estimate of drug-likeness (QED) is 0.441. The van der Waals surface area contributed by atoms with Gasteiger partial charge in [0, 0.05) is 6.42 Å². The third kappa shape index (κ3) is 9.52. The maximum atomic E-state index is 5.02. The largest absolute Gasteiger partial charge is 1.00 e. The molecule has 0 fully saturated rings.